The molecule has 0 fully saturated rings. The first kappa shape index (κ1) is 20.9. The Morgan fingerprint density at radius 3 is 2.56 bits per heavy atom. The molecule has 1 aromatic heterocycles. The van der Waals surface area contributed by atoms with Gasteiger partial charge in [0.2, 0.25) is 0 Å². The van der Waals surface area contributed by atoms with Crippen molar-refractivity contribution in [3.05, 3.63) is 46.4 Å². The zero-order chi connectivity index (χ0) is 19.5. The van der Waals surface area contributed by atoms with E-state index in [2.05, 4.69) is 29.5 Å². The molecular formula is C20H28N4O2S. The number of nitrogens with one attached hydrogen (secondary N) is 2. The summed E-state index contributed by atoms with van der Waals surface area (Å²) in [5.41, 5.74) is 1.18. The monoisotopic (exact) mass is 388 g/mol. The summed E-state index contributed by atoms with van der Waals surface area (Å²) in [5.74, 6) is -0.153. The largest absolute Gasteiger partial charge is 0.351 e. The van der Waals surface area contributed by atoms with E-state index in [0.29, 0.717) is 25.3 Å². The number of thiazole rings is 1. The summed E-state index contributed by atoms with van der Waals surface area (Å²) in [4.78, 5) is 30.9. The average molecular weight is 389 g/mol. The van der Waals surface area contributed by atoms with Crippen molar-refractivity contribution in [3.63, 3.8) is 0 Å². The zero-order valence-electron chi connectivity index (χ0n) is 16.0. The lowest BCUT2D eigenvalue weighted by Gasteiger charge is -2.22. The van der Waals surface area contributed by atoms with Crippen molar-refractivity contribution in [2.24, 2.45) is 0 Å². The van der Waals surface area contributed by atoms with E-state index in [0.717, 1.165) is 36.4 Å². The van der Waals surface area contributed by atoms with E-state index in [9.17, 15) is 9.59 Å². The third kappa shape index (κ3) is 7.02. The van der Waals surface area contributed by atoms with E-state index in [1.54, 1.807) is 10.3 Å². The van der Waals surface area contributed by atoms with Gasteiger partial charge in [0.25, 0.3) is 5.91 Å². The van der Waals surface area contributed by atoms with Crippen LogP contribution in [0, 0.1) is 0 Å². The molecule has 27 heavy (non-hydrogen) atoms. The Kier molecular flexibility index (Phi) is 8.77. The van der Waals surface area contributed by atoms with Crippen molar-refractivity contribution >= 4 is 29.0 Å². The molecule has 2 aromatic rings. The van der Waals surface area contributed by atoms with Gasteiger partial charge in [-0.25, -0.2) is 9.78 Å². The number of rotatable bonds is 10. The van der Waals surface area contributed by atoms with Crippen LogP contribution in [-0.2, 0) is 6.54 Å². The van der Waals surface area contributed by atoms with Crippen molar-refractivity contribution < 1.29 is 9.59 Å². The maximum atomic E-state index is 12.7. The van der Waals surface area contributed by atoms with E-state index in [1.165, 1.54) is 11.3 Å². The molecule has 6 nitrogen and oxygen atoms in total. The molecular weight excluding hydrogens is 360 g/mol. The molecule has 0 bridgehead atoms. The minimum atomic E-state index is -0.154. The van der Waals surface area contributed by atoms with Gasteiger partial charge in [-0.2, -0.15) is 0 Å². The molecule has 2 rings (SSSR count). The van der Waals surface area contributed by atoms with Crippen LogP contribution in [0.4, 0.5) is 10.5 Å². The first-order valence-corrected chi connectivity index (χ1v) is 10.4. The topological polar surface area (TPSA) is 74.3 Å². The van der Waals surface area contributed by atoms with E-state index >= 15 is 0 Å². The number of aromatic nitrogens is 1. The number of para-hydroxylation sites is 1. The van der Waals surface area contributed by atoms with Crippen LogP contribution in [0.15, 0.2) is 35.7 Å². The molecule has 0 radical (unpaired) electrons. The van der Waals surface area contributed by atoms with Crippen molar-refractivity contribution in [1.29, 1.82) is 0 Å². The molecule has 0 spiro atoms. The number of urea groups is 1. The van der Waals surface area contributed by atoms with Gasteiger partial charge in [0, 0.05) is 24.2 Å². The molecule has 0 aliphatic rings. The van der Waals surface area contributed by atoms with Crippen molar-refractivity contribution in [2.45, 2.75) is 46.1 Å². The van der Waals surface area contributed by atoms with Gasteiger partial charge >= 0.3 is 6.03 Å². The molecule has 0 aliphatic carbocycles. The van der Waals surface area contributed by atoms with Crippen LogP contribution >= 0.6 is 11.3 Å². The highest BCUT2D eigenvalue weighted by Gasteiger charge is 2.17. The molecule has 0 saturated carbocycles. The van der Waals surface area contributed by atoms with Gasteiger partial charge < -0.3 is 15.5 Å². The highest BCUT2D eigenvalue weighted by Crippen LogP contribution is 2.15. The van der Waals surface area contributed by atoms with E-state index in [1.807, 2.05) is 30.3 Å². The molecule has 0 unspecified atom stereocenters. The number of hydrogen-bond donors (Lipinski definition) is 2. The van der Waals surface area contributed by atoms with Crippen molar-refractivity contribution in [2.75, 3.05) is 18.4 Å². The number of carbonyl (C=O) groups excluding carboxylic acids is 2. The maximum absolute atomic E-state index is 12.7. The molecule has 7 heteroatoms. The minimum Gasteiger partial charge on any atom is -0.351 e. The molecule has 2 N–H and O–H groups in total. The summed E-state index contributed by atoms with van der Waals surface area (Å²) in [7, 11) is 0. The minimum absolute atomic E-state index is 0.153. The van der Waals surface area contributed by atoms with Gasteiger partial charge in [0.05, 0.1) is 6.54 Å². The summed E-state index contributed by atoms with van der Waals surface area (Å²) in [6.07, 6.45) is 3.90. The maximum Gasteiger partial charge on any atom is 0.322 e. The highest BCUT2D eigenvalue weighted by atomic mass is 32.1. The van der Waals surface area contributed by atoms with Crippen LogP contribution in [0.5, 0.6) is 0 Å². The molecule has 0 saturated heterocycles. The smallest absolute Gasteiger partial charge is 0.322 e. The molecule has 0 atom stereocenters. The molecule has 0 aliphatic heterocycles. The predicted molar refractivity (Wildman–Crippen MR) is 110 cm³/mol. The SMILES string of the molecule is CCCCNC(=O)c1csc(CN(CCCC)C(=O)Nc2ccccc2)n1. The summed E-state index contributed by atoms with van der Waals surface area (Å²) < 4.78 is 0. The van der Waals surface area contributed by atoms with Gasteiger partial charge in [-0.05, 0) is 25.0 Å². The second kappa shape index (κ2) is 11.3. The van der Waals surface area contributed by atoms with E-state index in [4.69, 9.17) is 0 Å². The molecule has 1 aromatic carbocycles. The third-order valence-corrected chi connectivity index (χ3v) is 4.85. The highest BCUT2D eigenvalue weighted by molar-refractivity contribution is 7.09. The first-order chi connectivity index (χ1) is 13.1. The Bertz CT molecular complexity index is 718. The Morgan fingerprint density at radius 2 is 1.85 bits per heavy atom. The summed E-state index contributed by atoms with van der Waals surface area (Å²) in [6, 6.07) is 9.24. The normalized spacial score (nSPS) is 10.4. The van der Waals surface area contributed by atoms with Gasteiger partial charge in [0.15, 0.2) is 0 Å². The number of amides is 3. The van der Waals surface area contributed by atoms with Crippen molar-refractivity contribution in [3.8, 4) is 0 Å². The van der Waals surface area contributed by atoms with E-state index in [-0.39, 0.29) is 11.9 Å². The van der Waals surface area contributed by atoms with Gasteiger partial charge in [-0.15, -0.1) is 11.3 Å². The number of nitrogens with zero attached hydrogens (tertiary/aromatic N) is 2. The molecule has 1 heterocycles. The van der Waals surface area contributed by atoms with Crippen LogP contribution in [0.1, 0.15) is 55.0 Å². The van der Waals surface area contributed by atoms with Crippen molar-refractivity contribution in [1.82, 2.24) is 15.2 Å². The van der Waals surface area contributed by atoms with E-state index < -0.39 is 0 Å². The second-order valence-corrected chi connectivity index (χ2v) is 7.25. The lowest BCUT2D eigenvalue weighted by molar-refractivity contribution is 0.0948. The third-order valence-electron chi connectivity index (χ3n) is 4.02. The summed E-state index contributed by atoms with van der Waals surface area (Å²) in [6.45, 7) is 5.87. The summed E-state index contributed by atoms with van der Waals surface area (Å²) >= 11 is 1.41. The van der Waals surface area contributed by atoms with Crippen LogP contribution in [0.25, 0.3) is 0 Å². The summed E-state index contributed by atoms with van der Waals surface area (Å²) in [5, 5.41) is 8.30. The van der Waals surface area contributed by atoms with Crippen LogP contribution in [0.3, 0.4) is 0 Å². The Balaban J connectivity index is 1.98. The van der Waals surface area contributed by atoms with Gasteiger partial charge in [0.1, 0.15) is 10.7 Å². The zero-order valence-corrected chi connectivity index (χ0v) is 16.8. The molecule has 146 valence electrons. The van der Waals surface area contributed by atoms with Gasteiger partial charge in [-0.1, -0.05) is 44.9 Å². The fourth-order valence-electron chi connectivity index (χ4n) is 2.45. The number of unbranched alkanes of at least 4 members (excludes halogenated alkanes) is 2. The Labute approximate surface area is 165 Å². The fraction of sp³-hybridized carbons (Fsp3) is 0.450. The van der Waals surface area contributed by atoms with Gasteiger partial charge in [-0.3, -0.25) is 4.79 Å². The number of anilines is 1. The standard InChI is InChI=1S/C20H28N4O2S/c1-3-5-12-21-19(25)17-15-27-18(23-17)14-24(13-6-4-2)20(26)22-16-10-8-7-9-11-16/h7-11,15H,3-6,12-14H2,1-2H3,(H,21,25)(H,22,26). The predicted octanol–water partition coefficient (Wildman–Crippen LogP) is 4.51. The number of hydrogen-bond acceptors (Lipinski definition) is 4. The number of carbonyl (C=O) groups is 2. The first-order valence-electron chi connectivity index (χ1n) is 9.47. The van der Waals surface area contributed by atoms with Crippen LogP contribution < -0.4 is 10.6 Å². The van der Waals surface area contributed by atoms with Crippen LogP contribution in [0.2, 0.25) is 0 Å². The average Bonchev–Trinajstić information content (AvgIpc) is 3.14. The van der Waals surface area contributed by atoms with Crippen LogP contribution in [-0.4, -0.2) is 34.9 Å². The lowest BCUT2D eigenvalue weighted by atomic mass is 10.3. The quantitative estimate of drug-likeness (QED) is 0.588. The number of benzene rings is 1. The fourth-order valence-corrected chi connectivity index (χ4v) is 3.23. The lowest BCUT2D eigenvalue weighted by Crippen LogP contribution is -2.35. The Hall–Kier alpha value is -2.41. The molecule has 3 amide bonds. The second-order valence-electron chi connectivity index (χ2n) is 6.31. The Morgan fingerprint density at radius 1 is 1.11 bits per heavy atom.